The number of hydrogen-bond acceptors (Lipinski definition) is 4. The van der Waals surface area contributed by atoms with Crippen molar-refractivity contribution in [2.24, 2.45) is 11.7 Å². The van der Waals surface area contributed by atoms with E-state index in [9.17, 15) is 14.4 Å². The lowest BCUT2D eigenvalue weighted by molar-refractivity contribution is -0.139. The summed E-state index contributed by atoms with van der Waals surface area (Å²) in [7, 11) is 1.54. The molecule has 0 saturated heterocycles. The Kier molecular flexibility index (Phi) is 8.61. The zero-order valence-corrected chi connectivity index (χ0v) is 13.7. The lowest BCUT2D eigenvalue weighted by Gasteiger charge is -2.23. The molecule has 0 aliphatic rings. The van der Waals surface area contributed by atoms with Gasteiger partial charge in [-0.15, -0.1) is 0 Å². The Hall–Kier alpha value is -1.63. The van der Waals surface area contributed by atoms with Crippen molar-refractivity contribution in [1.29, 1.82) is 0 Å². The van der Waals surface area contributed by atoms with Crippen LogP contribution in [0.4, 0.5) is 0 Å². The molecule has 7 nitrogen and oxygen atoms in total. The topological polar surface area (TPSA) is 95.7 Å². The van der Waals surface area contributed by atoms with Crippen LogP contribution in [0.2, 0.25) is 0 Å². The van der Waals surface area contributed by atoms with Crippen LogP contribution in [0, 0.1) is 5.92 Å². The molecule has 0 fully saturated rings. The first-order chi connectivity index (χ1) is 9.74. The Labute approximate surface area is 126 Å². The number of nitrogens with two attached hydrogens (primary N) is 1. The summed E-state index contributed by atoms with van der Waals surface area (Å²) in [5.41, 5.74) is 5.68. The molecule has 3 amide bonds. The summed E-state index contributed by atoms with van der Waals surface area (Å²) in [6.45, 7) is 8.51. The van der Waals surface area contributed by atoms with E-state index in [2.05, 4.69) is 5.32 Å². The van der Waals surface area contributed by atoms with Crippen molar-refractivity contribution < 1.29 is 14.4 Å². The van der Waals surface area contributed by atoms with Crippen LogP contribution in [0.5, 0.6) is 0 Å². The first kappa shape index (κ1) is 19.4. The SMILES string of the molecule is CCN(CC)C(=O)CN(C)C(=O)CNC(=O)[C@@H](N)C(C)C. The van der Waals surface area contributed by atoms with Crippen LogP contribution in [0.1, 0.15) is 27.7 Å². The van der Waals surface area contributed by atoms with E-state index in [1.54, 1.807) is 4.90 Å². The summed E-state index contributed by atoms with van der Waals surface area (Å²) >= 11 is 0. The Morgan fingerprint density at radius 1 is 1.10 bits per heavy atom. The van der Waals surface area contributed by atoms with Crippen LogP contribution in [0.15, 0.2) is 0 Å². The largest absolute Gasteiger partial charge is 0.346 e. The predicted molar refractivity (Wildman–Crippen MR) is 81.4 cm³/mol. The van der Waals surface area contributed by atoms with E-state index in [-0.39, 0.29) is 36.7 Å². The van der Waals surface area contributed by atoms with Crippen LogP contribution < -0.4 is 11.1 Å². The van der Waals surface area contributed by atoms with Crippen LogP contribution >= 0.6 is 0 Å². The minimum Gasteiger partial charge on any atom is -0.346 e. The number of carbonyl (C=O) groups is 3. The van der Waals surface area contributed by atoms with Crippen LogP contribution in [0.25, 0.3) is 0 Å². The molecule has 0 unspecified atom stereocenters. The molecule has 0 saturated carbocycles. The average molecular weight is 300 g/mol. The maximum absolute atomic E-state index is 11.9. The van der Waals surface area contributed by atoms with Gasteiger partial charge in [0.2, 0.25) is 17.7 Å². The molecule has 0 aromatic heterocycles. The Morgan fingerprint density at radius 3 is 2.05 bits per heavy atom. The Morgan fingerprint density at radius 2 is 1.62 bits per heavy atom. The van der Waals surface area contributed by atoms with E-state index in [4.69, 9.17) is 5.73 Å². The van der Waals surface area contributed by atoms with Crippen LogP contribution in [-0.2, 0) is 14.4 Å². The van der Waals surface area contributed by atoms with Crippen molar-refractivity contribution in [1.82, 2.24) is 15.1 Å². The predicted octanol–water partition coefficient (Wildman–Crippen LogP) is -0.587. The first-order valence-electron chi connectivity index (χ1n) is 7.29. The first-order valence-corrected chi connectivity index (χ1v) is 7.29. The highest BCUT2D eigenvalue weighted by molar-refractivity contribution is 5.89. The molecular weight excluding hydrogens is 272 g/mol. The fraction of sp³-hybridized carbons (Fsp3) is 0.786. The third-order valence-electron chi connectivity index (χ3n) is 3.35. The van der Waals surface area contributed by atoms with Crippen molar-refractivity contribution in [3.63, 3.8) is 0 Å². The van der Waals surface area contributed by atoms with Crippen molar-refractivity contribution >= 4 is 17.7 Å². The lowest BCUT2D eigenvalue weighted by atomic mass is 10.1. The van der Waals surface area contributed by atoms with Crippen LogP contribution in [0.3, 0.4) is 0 Å². The fourth-order valence-electron chi connectivity index (χ4n) is 1.69. The van der Waals surface area contributed by atoms with Crippen molar-refractivity contribution in [2.45, 2.75) is 33.7 Å². The number of amides is 3. The maximum atomic E-state index is 11.9. The Bertz CT molecular complexity index is 367. The standard InChI is InChI=1S/C14H28N4O3/c1-6-18(7-2)12(20)9-17(5)11(19)8-16-14(21)13(15)10(3)4/h10,13H,6-9,15H2,1-5H3,(H,16,21)/t13-/m0/s1. The third kappa shape index (κ3) is 6.57. The second-order valence-electron chi connectivity index (χ2n) is 5.30. The van der Waals surface area contributed by atoms with E-state index >= 15 is 0 Å². The average Bonchev–Trinajstić information content (AvgIpc) is 2.44. The molecule has 3 N–H and O–H groups in total. The van der Waals surface area contributed by atoms with Gasteiger partial charge < -0.3 is 20.9 Å². The second-order valence-corrected chi connectivity index (χ2v) is 5.30. The molecule has 0 aliphatic carbocycles. The molecule has 1 atom stereocenters. The molecule has 0 rings (SSSR count). The van der Waals surface area contributed by atoms with E-state index in [1.807, 2.05) is 27.7 Å². The van der Waals surface area contributed by atoms with E-state index in [1.165, 1.54) is 11.9 Å². The molecule has 122 valence electrons. The van der Waals surface area contributed by atoms with Gasteiger partial charge in [-0.1, -0.05) is 13.8 Å². The van der Waals surface area contributed by atoms with Crippen molar-refractivity contribution in [3.8, 4) is 0 Å². The highest BCUT2D eigenvalue weighted by atomic mass is 16.2. The summed E-state index contributed by atoms with van der Waals surface area (Å²) in [4.78, 5) is 38.4. The van der Waals surface area contributed by atoms with Crippen molar-refractivity contribution in [3.05, 3.63) is 0 Å². The molecule has 21 heavy (non-hydrogen) atoms. The summed E-state index contributed by atoms with van der Waals surface area (Å²) in [6.07, 6.45) is 0. The highest BCUT2D eigenvalue weighted by Gasteiger charge is 2.20. The normalized spacial score (nSPS) is 12.0. The monoisotopic (exact) mass is 300 g/mol. The van der Waals surface area contributed by atoms with Gasteiger partial charge in [0.25, 0.3) is 0 Å². The van der Waals surface area contributed by atoms with E-state index in [0.717, 1.165) is 0 Å². The molecule has 0 aromatic rings. The molecule has 7 heteroatoms. The quantitative estimate of drug-likeness (QED) is 0.626. The number of nitrogens with one attached hydrogen (secondary N) is 1. The number of carbonyl (C=O) groups excluding carboxylic acids is 3. The smallest absolute Gasteiger partial charge is 0.242 e. The lowest BCUT2D eigenvalue weighted by Crippen LogP contribution is -2.48. The van der Waals surface area contributed by atoms with Gasteiger partial charge in [-0.25, -0.2) is 0 Å². The third-order valence-corrected chi connectivity index (χ3v) is 3.35. The summed E-state index contributed by atoms with van der Waals surface area (Å²) < 4.78 is 0. The molecule has 0 aromatic carbocycles. The number of hydrogen-bond donors (Lipinski definition) is 2. The van der Waals surface area contributed by atoms with Gasteiger partial charge in [0, 0.05) is 20.1 Å². The number of likely N-dealkylation sites (N-methyl/N-ethyl adjacent to an activating group) is 2. The maximum Gasteiger partial charge on any atom is 0.242 e. The Balaban J connectivity index is 4.28. The number of rotatable bonds is 8. The van der Waals surface area contributed by atoms with Gasteiger partial charge in [-0.05, 0) is 19.8 Å². The second kappa shape index (κ2) is 9.33. The molecule has 0 radical (unpaired) electrons. The fourth-order valence-corrected chi connectivity index (χ4v) is 1.69. The van der Waals surface area contributed by atoms with Crippen LogP contribution in [-0.4, -0.2) is 66.8 Å². The molecule has 0 heterocycles. The molecule has 0 aliphatic heterocycles. The molecule has 0 bridgehead atoms. The van der Waals surface area contributed by atoms with E-state index < -0.39 is 6.04 Å². The van der Waals surface area contributed by atoms with Gasteiger partial charge in [-0.2, -0.15) is 0 Å². The van der Waals surface area contributed by atoms with Gasteiger partial charge in [0.15, 0.2) is 0 Å². The summed E-state index contributed by atoms with van der Waals surface area (Å²) in [5.74, 6) is -0.787. The highest BCUT2D eigenvalue weighted by Crippen LogP contribution is 1.98. The van der Waals surface area contributed by atoms with Gasteiger partial charge in [-0.3, -0.25) is 14.4 Å². The summed E-state index contributed by atoms with van der Waals surface area (Å²) in [6, 6.07) is -0.639. The number of nitrogens with zero attached hydrogens (tertiary/aromatic N) is 2. The zero-order valence-electron chi connectivity index (χ0n) is 13.7. The van der Waals surface area contributed by atoms with Gasteiger partial charge in [0.05, 0.1) is 19.1 Å². The zero-order chi connectivity index (χ0) is 16.6. The van der Waals surface area contributed by atoms with E-state index in [0.29, 0.717) is 13.1 Å². The van der Waals surface area contributed by atoms with Gasteiger partial charge in [0.1, 0.15) is 0 Å². The summed E-state index contributed by atoms with van der Waals surface area (Å²) in [5, 5.41) is 2.49. The van der Waals surface area contributed by atoms with Gasteiger partial charge >= 0.3 is 0 Å². The molecule has 0 spiro atoms. The molecular formula is C14H28N4O3. The minimum atomic E-state index is -0.639. The minimum absolute atomic E-state index is 0.00192. The van der Waals surface area contributed by atoms with Crippen molar-refractivity contribution in [2.75, 3.05) is 33.2 Å².